The molecule has 5 atom stereocenters. The van der Waals surface area contributed by atoms with Crippen molar-refractivity contribution in [3.63, 3.8) is 0 Å². The van der Waals surface area contributed by atoms with E-state index in [1.165, 1.54) is 0 Å². The van der Waals surface area contributed by atoms with Gasteiger partial charge in [0.1, 0.15) is 6.10 Å². The number of carbonyl (C=O) groups excluding carboxylic acids is 2. The van der Waals surface area contributed by atoms with Gasteiger partial charge in [-0.25, -0.2) is 4.57 Å². The van der Waals surface area contributed by atoms with Crippen LogP contribution >= 0.6 is 7.82 Å². The third-order valence-electron chi connectivity index (χ3n) is 9.07. The lowest BCUT2D eigenvalue weighted by atomic mass is 9.65. The van der Waals surface area contributed by atoms with Gasteiger partial charge in [-0.1, -0.05) is 62.3 Å². The van der Waals surface area contributed by atoms with E-state index in [9.17, 15) is 19.0 Å². The summed E-state index contributed by atoms with van der Waals surface area (Å²) in [7, 11) is -0.687. The third-order valence-corrected chi connectivity index (χ3v) is 10.1. The Balaban J connectivity index is 1.84. The van der Waals surface area contributed by atoms with Gasteiger partial charge in [0, 0.05) is 13.0 Å². The van der Waals surface area contributed by atoms with E-state index >= 15 is 0 Å². The second kappa shape index (κ2) is 11.8. The minimum Gasteiger partial charge on any atom is -0.322 e. The molecule has 10 heteroatoms. The highest BCUT2D eigenvalue weighted by Gasteiger charge is 2.73. The predicted molar refractivity (Wildman–Crippen MR) is 162 cm³/mol. The zero-order valence-corrected chi connectivity index (χ0v) is 28.6. The van der Waals surface area contributed by atoms with Crippen molar-refractivity contribution in [3.05, 3.63) is 0 Å². The van der Waals surface area contributed by atoms with E-state index in [1.54, 1.807) is 9.80 Å². The average molecular weight is 600 g/mol. The van der Waals surface area contributed by atoms with E-state index in [1.807, 2.05) is 19.0 Å². The molecule has 0 aromatic rings. The molecular weight excluding hydrogens is 541 g/mol. The van der Waals surface area contributed by atoms with Crippen molar-refractivity contribution in [2.75, 3.05) is 47.0 Å². The number of rotatable bonds is 11. The molecule has 2 saturated carbocycles. The smallest absolute Gasteiger partial charge is 0.322 e. The van der Waals surface area contributed by atoms with E-state index in [0.717, 1.165) is 32.1 Å². The molecule has 1 saturated heterocycles. The van der Waals surface area contributed by atoms with Crippen LogP contribution in [0.2, 0.25) is 0 Å². The van der Waals surface area contributed by atoms with Crippen LogP contribution in [0, 0.1) is 33.0 Å². The number of phosphoric ester groups is 1. The Morgan fingerprint density at radius 1 is 1.02 bits per heavy atom. The van der Waals surface area contributed by atoms with E-state index in [-0.39, 0.29) is 59.8 Å². The van der Waals surface area contributed by atoms with Crippen LogP contribution in [0.25, 0.3) is 0 Å². The van der Waals surface area contributed by atoms with Gasteiger partial charge in [-0.3, -0.25) is 18.6 Å². The maximum atomic E-state index is 14.4. The molecule has 0 spiro atoms. The fourth-order valence-corrected chi connectivity index (χ4v) is 9.08. The lowest BCUT2D eigenvalue weighted by Gasteiger charge is -2.46. The molecule has 1 N–H and O–H groups in total. The van der Waals surface area contributed by atoms with Gasteiger partial charge in [-0.2, -0.15) is 0 Å². The Hall–Kier alpha value is -0.990. The standard InChI is InChI=1S/C31H58N3O6P/c1-27(2,3)20-29(7,8)17-25(35)33-18-24(40-41(37,38)39-15-14-32(10)11)19-34(22-33)26(36)31-16-23(31)12-13-30(31,9)21-28(4,5)6/h23-24H,12-22H2,1-11H3,(H,37,38). The second-order valence-electron chi connectivity index (χ2n) is 16.9. The van der Waals surface area contributed by atoms with Crippen molar-refractivity contribution in [1.29, 1.82) is 0 Å². The van der Waals surface area contributed by atoms with Crippen molar-refractivity contribution in [2.45, 2.75) is 107 Å². The Bertz CT molecular complexity index is 1020. The normalized spacial score (nSPS) is 30.4. The molecule has 0 radical (unpaired) electrons. The summed E-state index contributed by atoms with van der Waals surface area (Å²) in [6, 6.07) is 0. The number of amides is 2. The number of phosphoric acid groups is 1. The summed E-state index contributed by atoms with van der Waals surface area (Å²) in [6.07, 6.45) is 4.25. The molecule has 3 aliphatic rings. The second-order valence-corrected chi connectivity index (χ2v) is 18.3. The molecule has 9 nitrogen and oxygen atoms in total. The molecule has 2 amide bonds. The number of hydrogen-bond donors (Lipinski definition) is 1. The Morgan fingerprint density at radius 3 is 2.17 bits per heavy atom. The molecule has 3 fully saturated rings. The number of fused-ring (bicyclic) bond motifs is 1. The minimum absolute atomic E-state index is 0.0374. The van der Waals surface area contributed by atoms with Gasteiger partial charge < -0.3 is 19.6 Å². The summed E-state index contributed by atoms with van der Waals surface area (Å²) in [5.41, 5.74) is -0.649. The summed E-state index contributed by atoms with van der Waals surface area (Å²) in [5.74, 6) is 0.352. The SMILES string of the molecule is CN(C)CCOP(=O)(O)OC1CN(C(=O)CC(C)(C)CC(C)(C)C)CN(C(=O)C23CC2CCC3(C)CC(C)(C)C)C1. The van der Waals surface area contributed by atoms with Crippen LogP contribution in [0.5, 0.6) is 0 Å². The zero-order chi connectivity index (χ0) is 31.2. The monoisotopic (exact) mass is 599 g/mol. The van der Waals surface area contributed by atoms with Crippen molar-refractivity contribution >= 4 is 19.6 Å². The number of carbonyl (C=O) groups is 2. The summed E-state index contributed by atoms with van der Waals surface area (Å²) in [6.45, 7) is 20.6. The zero-order valence-electron chi connectivity index (χ0n) is 27.7. The van der Waals surface area contributed by atoms with Gasteiger partial charge in [-0.15, -0.1) is 0 Å². The van der Waals surface area contributed by atoms with Crippen molar-refractivity contribution in [2.24, 2.45) is 33.0 Å². The van der Waals surface area contributed by atoms with E-state index in [4.69, 9.17) is 9.05 Å². The molecule has 2 aliphatic carbocycles. The molecule has 3 rings (SSSR count). The largest absolute Gasteiger partial charge is 0.472 e. The van der Waals surface area contributed by atoms with Crippen LogP contribution in [0.15, 0.2) is 0 Å². The molecule has 5 unspecified atom stereocenters. The van der Waals surface area contributed by atoms with Gasteiger partial charge in [0.15, 0.2) is 0 Å². The summed E-state index contributed by atoms with van der Waals surface area (Å²) < 4.78 is 23.8. The fraction of sp³-hybridized carbons (Fsp3) is 0.935. The number of hydrogen-bond acceptors (Lipinski definition) is 6. The van der Waals surface area contributed by atoms with Gasteiger partial charge in [0.05, 0.1) is 31.8 Å². The molecule has 1 aliphatic heterocycles. The highest BCUT2D eigenvalue weighted by molar-refractivity contribution is 7.47. The quantitative estimate of drug-likeness (QED) is 0.301. The number of likely N-dealkylation sites (N-methyl/N-ethyl adjacent to an activating group) is 1. The van der Waals surface area contributed by atoms with Crippen LogP contribution < -0.4 is 0 Å². The van der Waals surface area contributed by atoms with Crippen LogP contribution in [-0.4, -0.2) is 84.5 Å². The Morgan fingerprint density at radius 2 is 1.63 bits per heavy atom. The molecule has 0 aromatic heterocycles. The molecule has 0 aromatic carbocycles. The van der Waals surface area contributed by atoms with Crippen LogP contribution in [0.4, 0.5) is 0 Å². The van der Waals surface area contributed by atoms with E-state index in [0.29, 0.717) is 18.9 Å². The summed E-state index contributed by atoms with van der Waals surface area (Å²) in [5, 5.41) is 0. The fourth-order valence-electron chi connectivity index (χ4n) is 8.19. The third kappa shape index (κ3) is 8.78. The lowest BCUT2D eigenvalue weighted by molar-refractivity contribution is -0.156. The van der Waals surface area contributed by atoms with E-state index in [2.05, 4.69) is 62.3 Å². The highest BCUT2D eigenvalue weighted by atomic mass is 31.2. The van der Waals surface area contributed by atoms with Gasteiger partial charge in [-0.05, 0) is 73.8 Å². The topological polar surface area (TPSA) is 99.6 Å². The van der Waals surface area contributed by atoms with Crippen molar-refractivity contribution in [1.82, 2.24) is 14.7 Å². The first-order valence-corrected chi connectivity index (χ1v) is 16.8. The molecule has 1 heterocycles. The first-order chi connectivity index (χ1) is 18.5. The first-order valence-electron chi connectivity index (χ1n) is 15.4. The van der Waals surface area contributed by atoms with Gasteiger partial charge in [0.2, 0.25) is 11.8 Å². The van der Waals surface area contributed by atoms with Crippen molar-refractivity contribution < 1.29 is 28.1 Å². The maximum Gasteiger partial charge on any atom is 0.472 e. The maximum absolute atomic E-state index is 14.4. The minimum atomic E-state index is -4.39. The molecule has 0 bridgehead atoms. The number of nitrogens with zero attached hydrogens (tertiary/aromatic N) is 3. The van der Waals surface area contributed by atoms with Gasteiger partial charge >= 0.3 is 7.82 Å². The van der Waals surface area contributed by atoms with Crippen LogP contribution in [0.3, 0.4) is 0 Å². The highest BCUT2D eigenvalue weighted by Crippen LogP contribution is 2.75. The Labute approximate surface area is 249 Å². The molecule has 238 valence electrons. The van der Waals surface area contributed by atoms with Crippen LogP contribution in [0.1, 0.15) is 101 Å². The van der Waals surface area contributed by atoms with Crippen LogP contribution in [-0.2, 0) is 23.2 Å². The molecular formula is C31H58N3O6P. The first kappa shape index (κ1) is 34.5. The lowest BCUT2D eigenvalue weighted by Crippen LogP contribution is -2.59. The predicted octanol–water partition coefficient (Wildman–Crippen LogP) is 5.77. The van der Waals surface area contributed by atoms with Gasteiger partial charge in [0.25, 0.3) is 0 Å². The summed E-state index contributed by atoms with van der Waals surface area (Å²) >= 11 is 0. The van der Waals surface area contributed by atoms with E-state index < -0.39 is 19.3 Å². The van der Waals surface area contributed by atoms with Crippen molar-refractivity contribution in [3.8, 4) is 0 Å². The average Bonchev–Trinajstić information content (AvgIpc) is 3.43. The molecule has 41 heavy (non-hydrogen) atoms. The Kier molecular flexibility index (Phi) is 9.96. The summed E-state index contributed by atoms with van der Waals surface area (Å²) in [4.78, 5) is 43.9.